The maximum Gasteiger partial charge on any atom is 0.338 e. The number of hydrogen-bond acceptors (Lipinski definition) is 2. The fraction of sp³-hybridized carbons (Fsp3) is 0.308. The van der Waals surface area contributed by atoms with Crippen LogP contribution in [0.1, 0.15) is 23.0 Å². The monoisotopic (exact) mass is 233 g/mol. The second-order valence-electron chi connectivity index (χ2n) is 3.90. The highest BCUT2D eigenvalue weighted by atomic mass is 16.5. The number of ether oxygens (including phenoxy) is 1. The minimum Gasteiger partial charge on any atom is -0.495 e. The number of hydrogen-bond donors (Lipinski definition) is 1. The fourth-order valence-corrected chi connectivity index (χ4v) is 2.35. The lowest BCUT2D eigenvalue weighted by molar-refractivity contribution is 0.0697. The van der Waals surface area contributed by atoms with Crippen LogP contribution in [-0.4, -0.2) is 22.8 Å². The van der Waals surface area contributed by atoms with E-state index in [1.165, 1.54) is 0 Å². The van der Waals surface area contributed by atoms with Gasteiger partial charge in [0.05, 0.1) is 18.2 Å². The van der Waals surface area contributed by atoms with Gasteiger partial charge in [0.15, 0.2) is 0 Å². The van der Waals surface area contributed by atoms with Gasteiger partial charge in [0, 0.05) is 18.1 Å². The van der Waals surface area contributed by atoms with Gasteiger partial charge in [-0.2, -0.15) is 0 Å². The lowest BCUT2D eigenvalue weighted by Gasteiger charge is -2.05. The lowest BCUT2D eigenvalue weighted by Crippen LogP contribution is -2.02. The van der Waals surface area contributed by atoms with Gasteiger partial charge in [-0.05, 0) is 12.5 Å². The van der Waals surface area contributed by atoms with Gasteiger partial charge in [-0.3, -0.25) is 0 Å². The molecule has 0 amide bonds. The average molecular weight is 233 g/mol. The van der Waals surface area contributed by atoms with Crippen molar-refractivity contribution in [1.82, 2.24) is 4.57 Å². The number of aromatic nitrogens is 1. The van der Waals surface area contributed by atoms with Gasteiger partial charge in [0.2, 0.25) is 0 Å². The maximum atomic E-state index is 11.4. The summed E-state index contributed by atoms with van der Waals surface area (Å²) in [6.07, 6.45) is 0.677. The number of aryl methyl sites for hydroxylation is 1. The molecule has 1 aromatic heterocycles. The van der Waals surface area contributed by atoms with Crippen molar-refractivity contribution in [3.63, 3.8) is 0 Å². The molecule has 0 aliphatic heterocycles. The predicted molar refractivity (Wildman–Crippen MR) is 65.8 cm³/mol. The molecule has 1 aromatic carbocycles. The van der Waals surface area contributed by atoms with Gasteiger partial charge in [-0.25, -0.2) is 4.79 Å². The van der Waals surface area contributed by atoms with E-state index in [1.54, 1.807) is 7.11 Å². The molecule has 4 heteroatoms. The highest BCUT2D eigenvalue weighted by molar-refractivity contribution is 6.06. The van der Waals surface area contributed by atoms with Crippen LogP contribution in [0.25, 0.3) is 10.9 Å². The van der Waals surface area contributed by atoms with E-state index in [0.29, 0.717) is 17.7 Å². The van der Waals surface area contributed by atoms with Gasteiger partial charge in [0.25, 0.3) is 0 Å². The number of carboxylic acids is 1. The van der Waals surface area contributed by atoms with E-state index in [-0.39, 0.29) is 0 Å². The van der Waals surface area contributed by atoms with Gasteiger partial charge in [-0.15, -0.1) is 0 Å². The van der Waals surface area contributed by atoms with Crippen LogP contribution in [0.4, 0.5) is 0 Å². The van der Waals surface area contributed by atoms with Crippen LogP contribution in [0, 0.1) is 0 Å². The zero-order valence-electron chi connectivity index (χ0n) is 10.2. The quantitative estimate of drug-likeness (QED) is 0.885. The van der Waals surface area contributed by atoms with E-state index in [4.69, 9.17) is 4.74 Å². The van der Waals surface area contributed by atoms with Crippen molar-refractivity contribution >= 4 is 16.9 Å². The van der Waals surface area contributed by atoms with Crippen LogP contribution >= 0.6 is 0 Å². The molecule has 0 unspecified atom stereocenters. The first-order valence-electron chi connectivity index (χ1n) is 5.49. The van der Waals surface area contributed by atoms with Crippen molar-refractivity contribution in [2.75, 3.05) is 7.11 Å². The molecule has 1 N–H and O–H groups in total. The van der Waals surface area contributed by atoms with Gasteiger partial charge >= 0.3 is 5.97 Å². The molecular weight excluding hydrogens is 218 g/mol. The Labute approximate surface area is 99.4 Å². The molecule has 17 heavy (non-hydrogen) atoms. The topological polar surface area (TPSA) is 51.5 Å². The van der Waals surface area contributed by atoms with Crippen LogP contribution in [0.15, 0.2) is 18.2 Å². The number of aromatic carboxylic acids is 1. The number of benzene rings is 1. The van der Waals surface area contributed by atoms with Crippen molar-refractivity contribution in [1.29, 1.82) is 0 Å². The van der Waals surface area contributed by atoms with E-state index >= 15 is 0 Å². The molecule has 4 nitrogen and oxygen atoms in total. The Morgan fingerprint density at radius 2 is 2.18 bits per heavy atom. The van der Waals surface area contributed by atoms with E-state index in [2.05, 4.69) is 0 Å². The number of carboxylic acid groups (broad SMARTS) is 1. The van der Waals surface area contributed by atoms with Gasteiger partial charge in [-0.1, -0.05) is 19.1 Å². The highest BCUT2D eigenvalue weighted by Crippen LogP contribution is 2.32. The highest BCUT2D eigenvalue weighted by Gasteiger charge is 2.21. The number of methoxy groups -OCH3 is 1. The minimum absolute atomic E-state index is 0.379. The molecule has 0 saturated carbocycles. The summed E-state index contributed by atoms with van der Waals surface area (Å²) in [5.74, 6) is -0.187. The summed E-state index contributed by atoms with van der Waals surface area (Å²) in [6.45, 7) is 1.95. The van der Waals surface area contributed by atoms with E-state index < -0.39 is 5.97 Å². The molecule has 0 saturated heterocycles. The van der Waals surface area contributed by atoms with Crippen molar-refractivity contribution < 1.29 is 14.6 Å². The Hall–Kier alpha value is -1.97. The largest absolute Gasteiger partial charge is 0.495 e. The van der Waals surface area contributed by atoms with Crippen LogP contribution in [0.5, 0.6) is 5.75 Å². The zero-order valence-corrected chi connectivity index (χ0v) is 10.2. The summed E-state index contributed by atoms with van der Waals surface area (Å²) in [5.41, 5.74) is 2.03. The maximum absolute atomic E-state index is 11.4. The third-order valence-electron chi connectivity index (χ3n) is 3.07. The summed E-state index contributed by atoms with van der Waals surface area (Å²) in [4.78, 5) is 11.4. The number of fused-ring (bicyclic) bond motifs is 1. The first kappa shape index (κ1) is 11.5. The Bertz CT molecular complexity index is 584. The molecule has 0 aliphatic rings. The summed E-state index contributed by atoms with van der Waals surface area (Å²) in [6, 6.07) is 5.47. The molecule has 0 bridgehead atoms. The van der Waals surface area contributed by atoms with Crippen molar-refractivity contribution in [3.05, 3.63) is 29.5 Å². The normalized spacial score (nSPS) is 10.8. The average Bonchev–Trinajstić information content (AvgIpc) is 2.62. The fourth-order valence-electron chi connectivity index (χ4n) is 2.35. The molecule has 0 radical (unpaired) electrons. The molecule has 0 atom stereocenters. The van der Waals surface area contributed by atoms with Crippen LogP contribution in [0.2, 0.25) is 0 Å². The molecule has 0 aliphatic carbocycles. The van der Waals surface area contributed by atoms with Crippen molar-refractivity contribution in [3.8, 4) is 5.75 Å². The van der Waals surface area contributed by atoms with Gasteiger partial charge in [0.1, 0.15) is 5.75 Å². The van der Waals surface area contributed by atoms with Crippen LogP contribution < -0.4 is 4.74 Å². The standard InChI is InChI=1S/C13H15NO3/c1-4-9-11(13(15)16)8-6-5-7-10(17-3)12(8)14(9)2/h5-7H,4H2,1-3H3,(H,15,16). The van der Waals surface area contributed by atoms with E-state index in [0.717, 1.165) is 16.6 Å². The van der Waals surface area contributed by atoms with Gasteiger partial charge < -0.3 is 14.4 Å². The van der Waals surface area contributed by atoms with E-state index in [1.807, 2.05) is 36.7 Å². The Morgan fingerprint density at radius 3 is 2.71 bits per heavy atom. The zero-order chi connectivity index (χ0) is 12.6. The lowest BCUT2D eigenvalue weighted by atomic mass is 10.1. The SMILES string of the molecule is CCc1c(C(=O)O)c2cccc(OC)c2n1C. The number of rotatable bonds is 3. The molecule has 2 aromatic rings. The van der Waals surface area contributed by atoms with E-state index in [9.17, 15) is 9.90 Å². The third kappa shape index (κ3) is 1.56. The number of para-hydroxylation sites is 1. The summed E-state index contributed by atoms with van der Waals surface area (Å²) in [7, 11) is 3.46. The smallest absolute Gasteiger partial charge is 0.338 e. The second kappa shape index (κ2) is 4.13. The third-order valence-corrected chi connectivity index (χ3v) is 3.07. The van der Waals surface area contributed by atoms with Crippen LogP contribution in [0.3, 0.4) is 0 Å². The minimum atomic E-state index is -0.888. The Kier molecular flexibility index (Phi) is 2.79. The van der Waals surface area contributed by atoms with Crippen LogP contribution in [-0.2, 0) is 13.5 Å². The molecule has 1 heterocycles. The number of carbonyl (C=O) groups is 1. The molecular formula is C13H15NO3. The molecule has 0 spiro atoms. The number of nitrogens with zero attached hydrogens (tertiary/aromatic N) is 1. The summed E-state index contributed by atoms with van der Waals surface area (Å²) >= 11 is 0. The van der Waals surface area contributed by atoms with Crippen molar-refractivity contribution in [2.24, 2.45) is 7.05 Å². The Balaban J connectivity index is 2.94. The predicted octanol–water partition coefficient (Wildman–Crippen LogP) is 2.45. The molecule has 2 rings (SSSR count). The molecule has 0 fully saturated rings. The first-order chi connectivity index (χ1) is 8.11. The Morgan fingerprint density at radius 1 is 1.47 bits per heavy atom. The first-order valence-corrected chi connectivity index (χ1v) is 5.49. The summed E-state index contributed by atoms with van der Waals surface area (Å²) in [5, 5.41) is 10.1. The second-order valence-corrected chi connectivity index (χ2v) is 3.90. The van der Waals surface area contributed by atoms with Crippen molar-refractivity contribution in [2.45, 2.75) is 13.3 Å². The molecule has 90 valence electrons. The summed E-state index contributed by atoms with van der Waals surface area (Å²) < 4.78 is 7.19.